The van der Waals surface area contributed by atoms with Gasteiger partial charge < -0.3 is 16.0 Å². The van der Waals surface area contributed by atoms with Crippen LogP contribution in [0.5, 0.6) is 0 Å². The van der Waals surface area contributed by atoms with Gasteiger partial charge in [-0.1, -0.05) is 13.3 Å². The Labute approximate surface area is 169 Å². The highest BCUT2D eigenvalue weighted by molar-refractivity contribution is 5.85. The molecule has 0 saturated carbocycles. The van der Waals surface area contributed by atoms with Crippen molar-refractivity contribution in [2.45, 2.75) is 51.7 Å². The number of benzene rings is 1. The van der Waals surface area contributed by atoms with Crippen molar-refractivity contribution in [1.29, 1.82) is 0 Å². The first-order valence-corrected chi connectivity index (χ1v) is 9.16. The van der Waals surface area contributed by atoms with Gasteiger partial charge in [-0.15, -0.1) is 12.4 Å². The summed E-state index contributed by atoms with van der Waals surface area (Å²) >= 11 is 0. The Kier molecular flexibility index (Phi) is 6.98. The summed E-state index contributed by atoms with van der Waals surface area (Å²) in [6.07, 6.45) is -0.608. The molecule has 0 radical (unpaired) electrons. The van der Waals surface area contributed by atoms with Crippen LogP contribution in [0.4, 0.5) is 36.3 Å². The van der Waals surface area contributed by atoms with E-state index in [0.717, 1.165) is 49.8 Å². The monoisotopic (exact) mass is 415 g/mol. The minimum Gasteiger partial charge on any atom is -0.398 e. The fourth-order valence-corrected chi connectivity index (χ4v) is 3.35. The third kappa shape index (κ3) is 4.98. The van der Waals surface area contributed by atoms with Crippen LogP contribution in [0, 0.1) is 0 Å². The lowest BCUT2D eigenvalue weighted by Crippen LogP contribution is -2.27. The summed E-state index contributed by atoms with van der Waals surface area (Å²) < 4.78 is 39.3. The van der Waals surface area contributed by atoms with E-state index in [4.69, 9.17) is 5.73 Å². The number of nitrogens with two attached hydrogens (primary N) is 1. The van der Waals surface area contributed by atoms with Crippen molar-refractivity contribution >= 4 is 35.5 Å². The van der Waals surface area contributed by atoms with Crippen LogP contribution >= 0.6 is 12.4 Å². The van der Waals surface area contributed by atoms with Crippen LogP contribution in [0.25, 0.3) is 0 Å². The first-order valence-electron chi connectivity index (χ1n) is 9.16. The molecule has 1 aromatic carbocycles. The molecule has 1 aliphatic heterocycles. The Hall–Kier alpha value is -2.22. The molecule has 0 aliphatic carbocycles. The molecule has 3 rings (SSSR count). The van der Waals surface area contributed by atoms with Crippen molar-refractivity contribution in [3.05, 3.63) is 35.5 Å². The zero-order valence-electron chi connectivity index (χ0n) is 15.9. The molecule has 0 amide bonds. The zero-order valence-corrected chi connectivity index (χ0v) is 16.7. The van der Waals surface area contributed by atoms with Crippen molar-refractivity contribution < 1.29 is 13.2 Å². The average Bonchev–Trinajstić information content (AvgIpc) is 3.02. The van der Waals surface area contributed by atoms with Crippen LogP contribution in [0.1, 0.15) is 44.4 Å². The summed E-state index contributed by atoms with van der Waals surface area (Å²) in [4.78, 5) is 11.2. The van der Waals surface area contributed by atoms with E-state index in [9.17, 15) is 13.2 Å². The number of nitrogens with zero attached hydrogens (tertiary/aromatic N) is 3. The molecule has 0 bridgehead atoms. The van der Waals surface area contributed by atoms with Crippen molar-refractivity contribution in [3.63, 3.8) is 0 Å². The van der Waals surface area contributed by atoms with Gasteiger partial charge in [-0.25, -0.2) is 4.98 Å². The van der Waals surface area contributed by atoms with E-state index in [1.165, 1.54) is 12.1 Å². The van der Waals surface area contributed by atoms with Gasteiger partial charge in [0, 0.05) is 35.7 Å². The highest BCUT2D eigenvalue weighted by Gasteiger charge is 2.33. The molecule has 0 spiro atoms. The Morgan fingerprint density at radius 3 is 2.61 bits per heavy atom. The molecule has 1 saturated heterocycles. The maximum absolute atomic E-state index is 13.1. The number of nitrogen functional groups attached to an aromatic ring is 1. The Balaban J connectivity index is 0.00000280. The van der Waals surface area contributed by atoms with Crippen LogP contribution in [0.15, 0.2) is 24.3 Å². The number of nitrogens with one attached hydrogen (secondary N) is 1. The quantitative estimate of drug-likeness (QED) is 0.658. The third-order valence-corrected chi connectivity index (χ3v) is 4.73. The Morgan fingerprint density at radius 1 is 1.25 bits per heavy atom. The first kappa shape index (κ1) is 22.1. The maximum Gasteiger partial charge on any atom is 0.418 e. The van der Waals surface area contributed by atoms with E-state index in [1.54, 1.807) is 0 Å². The van der Waals surface area contributed by atoms with Gasteiger partial charge in [0.15, 0.2) is 0 Å². The number of hydrogen-bond acceptors (Lipinski definition) is 5. The largest absolute Gasteiger partial charge is 0.418 e. The lowest BCUT2D eigenvalue weighted by molar-refractivity contribution is -0.136. The fraction of sp³-hybridized carbons (Fsp3) is 0.474. The minimum atomic E-state index is -4.51. The highest BCUT2D eigenvalue weighted by atomic mass is 35.5. The SMILES string of the molecule is CCCc1cc(N2CCC[C@H]2C)nc(Nc2ccc(N)c(C(F)(F)F)c2)n1.Cl. The van der Waals surface area contributed by atoms with E-state index >= 15 is 0 Å². The molecular formula is C19H25ClF3N5. The molecular weight excluding hydrogens is 391 g/mol. The molecule has 2 heterocycles. The van der Waals surface area contributed by atoms with E-state index < -0.39 is 11.7 Å². The van der Waals surface area contributed by atoms with Gasteiger partial charge in [-0.2, -0.15) is 18.2 Å². The molecule has 9 heteroatoms. The summed E-state index contributed by atoms with van der Waals surface area (Å²) in [5.41, 5.74) is 5.42. The zero-order chi connectivity index (χ0) is 19.6. The number of hydrogen-bond donors (Lipinski definition) is 2. The van der Waals surface area contributed by atoms with Crippen molar-refractivity contribution in [1.82, 2.24) is 9.97 Å². The fourth-order valence-electron chi connectivity index (χ4n) is 3.35. The van der Waals surface area contributed by atoms with E-state index in [-0.39, 0.29) is 23.8 Å². The summed E-state index contributed by atoms with van der Waals surface area (Å²) in [6, 6.07) is 6.09. The standard InChI is InChI=1S/C19H24F3N5.ClH/c1-3-5-13-11-17(27-9-4-6-12(27)2)26-18(24-13)25-14-7-8-16(23)15(10-14)19(20,21)22;/h7-8,10-12H,3-6,9,23H2,1-2H3,(H,24,25,26);1H/t12-;/m1./s1. The van der Waals surface area contributed by atoms with E-state index in [0.29, 0.717) is 12.0 Å². The summed E-state index contributed by atoms with van der Waals surface area (Å²) in [7, 11) is 0. The molecule has 154 valence electrons. The molecule has 5 nitrogen and oxygen atoms in total. The topological polar surface area (TPSA) is 67.1 Å². The van der Waals surface area contributed by atoms with Crippen molar-refractivity contribution in [2.75, 3.05) is 22.5 Å². The maximum atomic E-state index is 13.1. The van der Waals surface area contributed by atoms with Crippen LogP contribution in [-0.2, 0) is 12.6 Å². The molecule has 1 atom stereocenters. The van der Waals surface area contributed by atoms with Gasteiger partial charge in [0.25, 0.3) is 0 Å². The van der Waals surface area contributed by atoms with Crippen LogP contribution in [0.2, 0.25) is 0 Å². The first-order chi connectivity index (χ1) is 12.8. The lowest BCUT2D eigenvalue weighted by atomic mass is 10.1. The Bertz CT molecular complexity index is 813. The molecule has 3 N–H and O–H groups in total. The predicted molar refractivity (Wildman–Crippen MR) is 108 cm³/mol. The number of aryl methyl sites for hydroxylation is 1. The van der Waals surface area contributed by atoms with E-state index in [2.05, 4.69) is 34.0 Å². The highest BCUT2D eigenvalue weighted by Crippen LogP contribution is 2.35. The van der Waals surface area contributed by atoms with Gasteiger partial charge in [0.1, 0.15) is 5.82 Å². The second-order valence-electron chi connectivity index (χ2n) is 6.90. The normalized spacial score (nSPS) is 16.8. The second kappa shape index (κ2) is 8.86. The van der Waals surface area contributed by atoms with Gasteiger partial charge in [-0.05, 0) is 44.4 Å². The lowest BCUT2D eigenvalue weighted by Gasteiger charge is -2.23. The Morgan fingerprint density at radius 2 is 2.00 bits per heavy atom. The molecule has 1 aromatic heterocycles. The molecule has 1 aliphatic rings. The number of halogens is 4. The average molecular weight is 416 g/mol. The van der Waals surface area contributed by atoms with Crippen LogP contribution < -0.4 is 16.0 Å². The number of rotatable bonds is 5. The molecule has 2 aromatic rings. The predicted octanol–water partition coefficient (Wildman–Crippen LogP) is 5.18. The van der Waals surface area contributed by atoms with Crippen molar-refractivity contribution in [2.24, 2.45) is 0 Å². The van der Waals surface area contributed by atoms with Crippen molar-refractivity contribution in [3.8, 4) is 0 Å². The molecule has 28 heavy (non-hydrogen) atoms. The van der Waals surface area contributed by atoms with E-state index in [1.807, 2.05) is 6.07 Å². The van der Waals surface area contributed by atoms with Crippen LogP contribution in [0.3, 0.4) is 0 Å². The minimum absolute atomic E-state index is 0. The summed E-state index contributed by atoms with van der Waals surface area (Å²) in [5.74, 6) is 1.11. The van der Waals surface area contributed by atoms with Gasteiger partial charge in [0.05, 0.1) is 5.56 Å². The molecule has 1 fully saturated rings. The third-order valence-electron chi connectivity index (χ3n) is 4.73. The van der Waals surface area contributed by atoms with Gasteiger partial charge in [0.2, 0.25) is 5.95 Å². The summed E-state index contributed by atoms with van der Waals surface area (Å²) in [6.45, 7) is 5.13. The van der Waals surface area contributed by atoms with Gasteiger partial charge >= 0.3 is 6.18 Å². The summed E-state index contributed by atoms with van der Waals surface area (Å²) in [5, 5.41) is 2.92. The number of anilines is 4. The van der Waals surface area contributed by atoms with Gasteiger partial charge in [-0.3, -0.25) is 0 Å². The number of aromatic nitrogens is 2. The van der Waals surface area contributed by atoms with Crippen LogP contribution in [-0.4, -0.2) is 22.6 Å². The molecule has 0 unspecified atom stereocenters. The second-order valence-corrected chi connectivity index (χ2v) is 6.90. The number of alkyl halides is 3. The smallest absolute Gasteiger partial charge is 0.398 e.